The largest absolute Gasteiger partial charge is 0.483 e. The Morgan fingerprint density at radius 3 is 2.68 bits per heavy atom. The van der Waals surface area contributed by atoms with Gasteiger partial charge in [-0.25, -0.2) is 8.78 Å². The Morgan fingerprint density at radius 2 is 1.89 bits per heavy atom. The third kappa shape index (κ3) is 4.24. The molecule has 0 unspecified atom stereocenters. The minimum Gasteiger partial charge on any atom is -0.483 e. The molecule has 6 rings (SSSR count). The van der Waals surface area contributed by atoms with Gasteiger partial charge in [0.05, 0.1) is 6.54 Å². The molecular weight excluding hydrogens is 494 g/mol. The lowest BCUT2D eigenvalue weighted by Gasteiger charge is -2.36. The number of nitrogens with zero attached hydrogens (tertiary/aromatic N) is 3. The maximum Gasteiger partial charge on any atom is 0.275 e. The lowest BCUT2D eigenvalue weighted by Crippen LogP contribution is -2.50. The van der Waals surface area contributed by atoms with Gasteiger partial charge in [0.25, 0.3) is 11.8 Å². The average Bonchev–Trinajstić information content (AvgIpc) is 3.51. The lowest BCUT2D eigenvalue weighted by atomic mass is 10.1. The predicted octanol–water partition coefficient (Wildman–Crippen LogP) is 2.90. The van der Waals surface area contributed by atoms with Crippen LogP contribution in [0.5, 0.6) is 5.75 Å². The zero-order valence-electron chi connectivity index (χ0n) is 20.5. The van der Waals surface area contributed by atoms with Gasteiger partial charge in [0.2, 0.25) is 5.43 Å². The molecule has 2 saturated heterocycles. The average molecular weight is 521 g/mol. The Kier molecular flexibility index (Phi) is 6.19. The highest BCUT2D eigenvalue weighted by Gasteiger charge is 2.48. The highest BCUT2D eigenvalue weighted by Crippen LogP contribution is 2.35. The van der Waals surface area contributed by atoms with Crippen molar-refractivity contribution in [3.8, 4) is 5.75 Å². The molecule has 10 heteroatoms. The molecule has 2 aromatic carbocycles. The van der Waals surface area contributed by atoms with E-state index in [1.165, 1.54) is 12.3 Å². The van der Waals surface area contributed by atoms with Crippen molar-refractivity contribution in [2.45, 2.75) is 44.7 Å². The molecule has 1 N–H and O–H groups in total. The Morgan fingerprint density at radius 1 is 1.08 bits per heavy atom. The van der Waals surface area contributed by atoms with Crippen LogP contribution in [0.4, 0.5) is 8.78 Å². The number of rotatable bonds is 6. The van der Waals surface area contributed by atoms with Crippen LogP contribution in [-0.2, 0) is 19.7 Å². The van der Waals surface area contributed by atoms with Crippen LogP contribution in [-0.4, -0.2) is 51.5 Å². The van der Waals surface area contributed by atoms with Gasteiger partial charge < -0.3 is 19.5 Å². The number of amides is 2. The van der Waals surface area contributed by atoms with Gasteiger partial charge in [0, 0.05) is 43.5 Å². The summed E-state index contributed by atoms with van der Waals surface area (Å²) in [7, 11) is 0. The number of fused-ring (bicyclic) bond motifs is 4. The predicted molar refractivity (Wildman–Crippen MR) is 134 cm³/mol. The minimum atomic E-state index is -0.800. The molecule has 3 aliphatic heterocycles. The number of halogens is 2. The molecule has 8 nitrogen and oxygen atoms in total. The van der Waals surface area contributed by atoms with Crippen molar-refractivity contribution in [2.24, 2.45) is 0 Å². The van der Waals surface area contributed by atoms with E-state index in [9.17, 15) is 23.2 Å². The first-order chi connectivity index (χ1) is 18.4. The number of benzene rings is 2. The number of pyridine rings is 1. The first-order valence-corrected chi connectivity index (χ1v) is 12.6. The maximum atomic E-state index is 14.1. The third-order valence-electron chi connectivity index (χ3n) is 7.56. The molecule has 0 radical (unpaired) electrons. The highest BCUT2D eigenvalue weighted by molar-refractivity contribution is 5.99. The molecular formula is C28H26F2N4O4. The molecule has 38 heavy (non-hydrogen) atoms. The monoisotopic (exact) mass is 520 g/mol. The van der Waals surface area contributed by atoms with E-state index in [-0.39, 0.29) is 53.8 Å². The second kappa shape index (κ2) is 9.68. The van der Waals surface area contributed by atoms with Crippen molar-refractivity contribution in [1.29, 1.82) is 0 Å². The molecule has 2 fully saturated rings. The SMILES string of the molecule is O=C(NCc1ccc(F)cc1F)c1cn2c(c(OCc3ccccc3)c1=O)C(=O)N1C[C@H]3CCCN3[C@@H]1C2. The summed E-state index contributed by atoms with van der Waals surface area (Å²) < 4.78 is 34.9. The number of hydrogen-bond donors (Lipinski definition) is 1. The number of hydrogen-bond acceptors (Lipinski definition) is 5. The number of ether oxygens (including phenoxy) is 1. The summed E-state index contributed by atoms with van der Waals surface area (Å²) in [5.74, 6) is -2.73. The smallest absolute Gasteiger partial charge is 0.275 e. The first kappa shape index (κ1) is 24.3. The van der Waals surface area contributed by atoms with E-state index in [4.69, 9.17) is 4.74 Å². The van der Waals surface area contributed by atoms with E-state index >= 15 is 0 Å². The zero-order chi connectivity index (χ0) is 26.4. The molecule has 3 aromatic rings. The molecule has 196 valence electrons. The zero-order valence-corrected chi connectivity index (χ0v) is 20.5. The maximum absolute atomic E-state index is 14.1. The van der Waals surface area contributed by atoms with Crippen LogP contribution >= 0.6 is 0 Å². The first-order valence-electron chi connectivity index (χ1n) is 12.6. The molecule has 2 amide bonds. The third-order valence-corrected chi connectivity index (χ3v) is 7.56. The van der Waals surface area contributed by atoms with Crippen LogP contribution in [0.1, 0.15) is 44.8 Å². The second-order valence-electron chi connectivity index (χ2n) is 9.87. The van der Waals surface area contributed by atoms with Crippen LogP contribution in [0.25, 0.3) is 0 Å². The van der Waals surface area contributed by atoms with Gasteiger partial charge >= 0.3 is 0 Å². The van der Waals surface area contributed by atoms with Gasteiger partial charge in [-0.05, 0) is 24.5 Å². The van der Waals surface area contributed by atoms with Crippen molar-refractivity contribution >= 4 is 11.8 Å². The molecule has 3 aliphatic rings. The van der Waals surface area contributed by atoms with Gasteiger partial charge in [-0.3, -0.25) is 19.3 Å². The van der Waals surface area contributed by atoms with Gasteiger partial charge in [-0.2, -0.15) is 0 Å². The molecule has 0 spiro atoms. The Balaban J connectivity index is 1.35. The molecule has 0 aliphatic carbocycles. The van der Waals surface area contributed by atoms with Gasteiger partial charge in [0.15, 0.2) is 11.4 Å². The van der Waals surface area contributed by atoms with E-state index in [1.54, 1.807) is 9.47 Å². The summed E-state index contributed by atoms with van der Waals surface area (Å²) in [6.07, 6.45) is 3.32. The summed E-state index contributed by atoms with van der Waals surface area (Å²) in [5, 5.41) is 2.54. The minimum absolute atomic E-state index is 0.0421. The van der Waals surface area contributed by atoms with Gasteiger partial charge in [0.1, 0.15) is 30.0 Å². The van der Waals surface area contributed by atoms with Crippen LogP contribution in [0, 0.1) is 11.6 Å². The van der Waals surface area contributed by atoms with Crippen molar-refractivity contribution in [1.82, 2.24) is 19.7 Å². The number of nitrogens with one attached hydrogen (secondary N) is 1. The summed E-state index contributed by atoms with van der Waals surface area (Å²) in [4.78, 5) is 44.5. The highest BCUT2D eigenvalue weighted by atomic mass is 19.1. The summed E-state index contributed by atoms with van der Waals surface area (Å²) in [6.45, 7) is 1.69. The van der Waals surface area contributed by atoms with E-state index in [0.717, 1.165) is 37.1 Å². The summed E-state index contributed by atoms with van der Waals surface area (Å²) in [5.41, 5.74) is 0.0854. The van der Waals surface area contributed by atoms with Crippen LogP contribution in [0.2, 0.25) is 0 Å². The van der Waals surface area contributed by atoms with Crippen molar-refractivity contribution in [3.63, 3.8) is 0 Å². The fraction of sp³-hybridized carbons (Fsp3) is 0.321. The fourth-order valence-corrected chi connectivity index (χ4v) is 5.67. The quantitative estimate of drug-likeness (QED) is 0.541. The molecule has 0 bridgehead atoms. The number of aromatic nitrogens is 1. The number of carbonyl (C=O) groups is 2. The molecule has 4 heterocycles. The van der Waals surface area contributed by atoms with Crippen LogP contribution < -0.4 is 15.5 Å². The Labute approximate surface area is 217 Å². The van der Waals surface area contributed by atoms with E-state index in [0.29, 0.717) is 13.1 Å². The topological polar surface area (TPSA) is 83.9 Å². The normalized spacial score (nSPS) is 20.2. The molecule has 0 saturated carbocycles. The summed E-state index contributed by atoms with van der Waals surface area (Å²) >= 11 is 0. The van der Waals surface area contributed by atoms with Gasteiger partial charge in [-0.1, -0.05) is 36.4 Å². The molecule has 2 atom stereocenters. The Bertz CT molecular complexity index is 1480. The standard InChI is InChI=1S/C28H26F2N4O4/c29-19-9-8-18(22(30)11-19)12-31-27(36)21-14-32-15-23-33-10-4-7-20(33)13-34(23)28(37)24(32)26(25(21)35)38-16-17-5-2-1-3-6-17/h1-3,5-6,8-9,11,14,20,23H,4,7,10,12-13,15-16H2,(H,31,36)/t20-,23+/m1/s1. The van der Waals surface area contributed by atoms with Gasteiger partial charge in [-0.15, -0.1) is 0 Å². The fourth-order valence-electron chi connectivity index (χ4n) is 5.67. The van der Waals surface area contributed by atoms with Crippen LogP contribution in [0.15, 0.2) is 59.5 Å². The summed E-state index contributed by atoms with van der Waals surface area (Å²) in [6, 6.07) is 12.6. The van der Waals surface area contributed by atoms with E-state index in [2.05, 4.69) is 10.2 Å². The Hall–Kier alpha value is -4.05. The van der Waals surface area contributed by atoms with Crippen molar-refractivity contribution in [3.05, 3.63) is 99.0 Å². The number of carbonyl (C=O) groups excluding carboxylic acids is 2. The van der Waals surface area contributed by atoms with E-state index in [1.807, 2.05) is 30.3 Å². The van der Waals surface area contributed by atoms with Crippen molar-refractivity contribution in [2.75, 3.05) is 13.1 Å². The molecule has 1 aromatic heterocycles. The lowest BCUT2D eigenvalue weighted by molar-refractivity contribution is 0.0510. The van der Waals surface area contributed by atoms with Crippen molar-refractivity contribution < 1.29 is 23.1 Å². The van der Waals surface area contributed by atoms with E-state index < -0.39 is 23.0 Å². The second-order valence-corrected chi connectivity index (χ2v) is 9.87. The van der Waals surface area contributed by atoms with Crippen LogP contribution in [0.3, 0.4) is 0 Å².